The number of aromatic nitrogens is 6. The molecule has 15 aromatic rings. The van der Waals surface area contributed by atoms with Gasteiger partial charge in [-0.15, -0.1) is 0 Å². The van der Waals surface area contributed by atoms with Crippen LogP contribution in [0.25, 0.3) is 133 Å². The second-order valence-corrected chi connectivity index (χ2v) is 18.1. The first-order valence-electron chi connectivity index (χ1n) is 23.8. The summed E-state index contributed by atoms with van der Waals surface area (Å²) in [5, 5.41) is 9.47. The maximum Gasteiger partial charge on any atom is 0.166 e. The summed E-state index contributed by atoms with van der Waals surface area (Å²) in [5.74, 6) is 2.18. The van der Waals surface area contributed by atoms with Crippen molar-refractivity contribution in [1.29, 1.82) is 0 Å². The molecule has 0 bridgehead atoms. The molecule has 326 valence electrons. The average Bonchev–Trinajstić information content (AvgIpc) is 4.16. The van der Waals surface area contributed by atoms with E-state index in [1.807, 2.05) is 0 Å². The Balaban J connectivity index is 1.10. The minimum Gasteiger partial charge on any atom is -0.309 e. The summed E-state index contributed by atoms with van der Waals surface area (Å²) >= 11 is 0. The summed E-state index contributed by atoms with van der Waals surface area (Å²) in [4.78, 5) is 11.6. The zero-order valence-corrected chi connectivity index (χ0v) is 37.8. The SMILES string of the molecule is c1ccc(-n2c3ccccc3c3ccc(-c4cccc(-n5c6ccccc6c6ccccc65)c4-c4nc(-n5c6ccccc6c6ccccc65)cc(-n5c6ccccc6c6ccccc65)n4)cc32)cc1. The number of para-hydroxylation sites is 8. The second kappa shape index (κ2) is 15.0. The molecule has 0 radical (unpaired) electrons. The molecule has 0 amide bonds. The molecule has 0 aliphatic heterocycles. The Morgan fingerprint density at radius 3 is 1.07 bits per heavy atom. The van der Waals surface area contributed by atoms with E-state index in [0.29, 0.717) is 5.82 Å². The van der Waals surface area contributed by atoms with E-state index in [-0.39, 0.29) is 0 Å². The quantitative estimate of drug-likeness (QED) is 0.167. The fourth-order valence-corrected chi connectivity index (χ4v) is 11.5. The van der Waals surface area contributed by atoms with Crippen LogP contribution in [0.1, 0.15) is 0 Å². The number of benzene rings is 10. The third kappa shape index (κ3) is 5.56. The molecule has 0 saturated heterocycles. The molecule has 0 aliphatic rings. The molecule has 10 aromatic carbocycles. The number of nitrogens with zero attached hydrogens (tertiary/aromatic N) is 6. The van der Waals surface area contributed by atoms with Crippen molar-refractivity contribution < 1.29 is 0 Å². The van der Waals surface area contributed by atoms with Crippen LogP contribution in [0.2, 0.25) is 0 Å². The van der Waals surface area contributed by atoms with Crippen LogP contribution in [0.15, 0.2) is 243 Å². The van der Waals surface area contributed by atoms with Gasteiger partial charge in [-0.2, -0.15) is 0 Å². The molecule has 70 heavy (non-hydrogen) atoms. The summed E-state index contributed by atoms with van der Waals surface area (Å²) in [6.45, 7) is 0. The first kappa shape index (κ1) is 38.6. The molecular formula is C64H40N6. The van der Waals surface area contributed by atoms with Gasteiger partial charge in [-0.05, 0) is 77.9 Å². The maximum atomic E-state index is 5.82. The molecule has 5 heterocycles. The summed E-state index contributed by atoms with van der Waals surface area (Å²) in [6.07, 6.45) is 0. The molecule has 0 N–H and O–H groups in total. The van der Waals surface area contributed by atoms with Crippen LogP contribution < -0.4 is 0 Å². The van der Waals surface area contributed by atoms with Gasteiger partial charge < -0.3 is 9.13 Å². The van der Waals surface area contributed by atoms with Crippen LogP contribution in [-0.4, -0.2) is 28.2 Å². The van der Waals surface area contributed by atoms with Gasteiger partial charge in [0.2, 0.25) is 0 Å². The van der Waals surface area contributed by atoms with E-state index in [4.69, 9.17) is 9.97 Å². The molecule has 6 nitrogen and oxygen atoms in total. The lowest BCUT2D eigenvalue weighted by Crippen LogP contribution is -2.08. The molecule has 0 saturated carbocycles. The average molecular weight is 893 g/mol. The Morgan fingerprint density at radius 1 is 0.257 bits per heavy atom. The van der Waals surface area contributed by atoms with Crippen LogP contribution in [-0.2, 0) is 0 Å². The highest BCUT2D eigenvalue weighted by molar-refractivity contribution is 6.13. The highest BCUT2D eigenvalue weighted by Crippen LogP contribution is 2.44. The van der Waals surface area contributed by atoms with Crippen molar-refractivity contribution in [2.24, 2.45) is 0 Å². The second-order valence-electron chi connectivity index (χ2n) is 18.1. The largest absolute Gasteiger partial charge is 0.309 e. The molecule has 15 rings (SSSR count). The van der Waals surface area contributed by atoms with Gasteiger partial charge in [-0.3, -0.25) is 9.13 Å². The molecular weight excluding hydrogens is 853 g/mol. The zero-order chi connectivity index (χ0) is 45.9. The van der Waals surface area contributed by atoms with Crippen molar-refractivity contribution in [3.8, 4) is 45.5 Å². The van der Waals surface area contributed by atoms with Crippen LogP contribution in [0, 0.1) is 0 Å². The minimum atomic E-state index is 0.618. The lowest BCUT2D eigenvalue weighted by Gasteiger charge is -2.20. The third-order valence-electron chi connectivity index (χ3n) is 14.4. The molecule has 0 atom stereocenters. The Morgan fingerprint density at radius 2 is 0.629 bits per heavy atom. The van der Waals surface area contributed by atoms with Gasteiger partial charge in [0, 0.05) is 54.8 Å². The van der Waals surface area contributed by atoms with Crippen molar-refractivity contribution in [3.63, 3.8) is 0 Å². The van der Waals surface area contributed by atoms with Gasteiger partial charge in [0.1, 0.15) is 11.6 Å². The van der Waals surface area contributed by atoms with E-state index in [1.165, 1.54) is 43.1 Å². The predicted octanol–water partition coefficient (Wildman–Crippen LogP) is 16.2. The van der Waals surface area contributed by atoms with Crippen LogP contribution in [0.3, 0.4) is 0 Å². The van der Waals surface area contributed by atoms with E-state index in [1.54, 1.807) is 0 Å². The van der Waals surface area contributed by atoms with Crippen LogP contribution in [0.5, 0.6) is 0 Å². The number of hydrogen-bond donors (Lipinski definition) is 0. The standard InChI is InChI=1S/C64H40N6/c1-2-19-42(20-3-1)67-52-29-11-4-27-50(52)51-38-37-41(39-60(51)67)43-28-18-36-59(68-53-30-12-5-21-44(53)45-22-6-13-31-54(45)68)63(43)64-65-61(69-55-32-14-7-23-46(55)47-24-8-15-33-56(47)69)40-62(66-64)70-57-34-16-9-25-48(57)49-26-10-17-35-58(49)70/h1-40H. The number of fused-ring (bicyclic) bond motifs is 12. The smallest absolute Gasteiger partial charge is 0.166 e. The first-order chi connectivity index (χ1) is 34.8. The van der Waals surface area contributed by atoms with Crippen molar-refractivity contribution >= 4 is 87.2 Å². The number of rotatable bonds is 6. The monoisotopic (exact) mass is 892 g/mol. The zero-order valence-electron chi connectivity index (χ0n) is 37.8. The summed E-state index contributed by atoms with van der Waals surface area (Å²) in [5.41, 5.74) is 14.0. The Labute approximate surface area is 401 Å². The lowest BCUT2D eigenvalue weighted by molar-refractivity contribution is 0.991. The van der Waals surface area contributed by atoms with Crippen molar-refractivity contribution in [1.82, 2.24) is 28.2 Å². The topological polar surface area (TPSA) is 45.5 Å². The van der Waals surface area contributed by atoms with Gasteiger partial charge in [0.15, 0.2) is 5.82 Å². The van der Waals surface area contributed by atoms with Crippen LogP contribution in [0.4, 0.5) is 0 Å². The molecule has 5 aromatic heterocycles. The van der Waals surface area contributed by atoms with Gasteiger partial charge >= 0.3 is 0 Å². The van der Waals surface area contributed by atoms with Gasteiger partial charge in [-0.25, -0.2) is 9.97 Å². The molecule has 0 fully saturated rings. The molecule has 0 aliphatic carbocycles. The number of hydrogen-bond acceptors (Lipinski definition) is 2. The van der Waals surface area contributed by atoms with Crippen LogP contribution >= 0.6 is 0 Å². The molecule has 0 spiro atoms. The van der Waals surface area contributed by atoms with Crippen molar-refractivity contribution in [2.75, 3.05) is 0 Å². The summed E-state index contributed by atoms with van der Waals surface area (Å²) in [6, 6.07) is 87.3. The Hall–Kier alpha value is -9.52. The fraction of sp³-hybridized carbons (Fsp3) is 0. The highest BCUT2D eigenvalue weighted by atomic mass is 15.2. The normalized spacial score (nSPS) is 12.0. The lowest BCUT2D eigenvalue weighted by atomic mass is 9.96. The van der Waals surface area contributed by atoms with E-state index in [9.17, 15) is 0 Å². The maximum absolute atomic E-state index is 5.82. The van der Waals surface area contributed by atoms with Crippen molar-refractivity contribution in [2.45, 2.75) is 0 Å². The van der Waals surface area contributed by atoms with Gasteiger partial charge in [0.05, 0.1) is 55.4 Å². The molecule has 0 unspecified atom stereocenters. The summed E-state index contributed by atoms with van der Waals surface area (Å²) in [7, 11) is 0. The minimum absolute atomic E-state index is 0.618. The Bertz CT molecular complexity index is 4310. The fourth-order valence-electron chi connectivity index (χ4n) is 11.5. The predicted molar refractivity (Wildman–Crippen MR) is 290 cm³/mol. The van der Waals surface area contributed by atoms with Gasteiger partial charge in [-0.1, -0.05) is 170 Å². The van der Waals surface area contributed by atoms with Crippen molar-refractivity contribution in [3.05, 3.63) is 243 Å². The molecule has 6 heteroatoms. The van der Waals surface area contributed by atoms with E-state index in [0.717, 1.165) is 83.8 Å². The van der Waals surface area contributed by atoms with E-state index < -0.39 is 0 Å². The van der Waals surface area contributed by atoms with Gasteiger partial charge in [0.25, 0.3) is 0 Å². The third-order valence-corrected chi connectivity index (χ3v) is 14.4. The summed E-state index contributed by atoms with van der Waals surface area (Å²) < 4.78 is 9.45. The van der Waals surface area contributed by atoms with E-state index in [2.05, 4.69) is 261 Å². The highest BCUT2D eigenvalue weighted by Gasteiger charge is 2.25. The Kier molecular flexibility index (Phi) is 8.26. The first-order valence-corrected chi connectivity index (χ1v) is 23.8. The van der Waals surface area contributed by atoms with E-state index >= 15 is 0 Å².